The Morgan fingerprint density at radius 3 is 2.22 bits per heavy atom. The van der Waals surface area contributed by atoms with Crippen LogP contribution < -0.4 is 5.32 Å². The van der Waals surface area contributed by atoms with Crippen molar-refractivity contribution in [3.05, 3.63) is 34.9 Å². The van der Waals surface area contributed by atoms with Crippen molar-refractivity contribution < 1.29 is 4.79 Å². The Kier molecular flexibility index (Phi) is 3.55. The fraction of sp³-hybridized carbons (Fsp3) is 0.667. The van der Waals surface area contributed by atoms with E-state index in [1.54, 1.807) is 0 Å². The van der Waals surface area contributed by atoms with Crippen molar-refractivity contribution in [3.8, 4) is 0 Å². The van der Waals surface area contributed by atoms with Crippen LogP contribution in [-0.4, -0.2) is 11.9 Å². The maximum atomic E-state index is 12.8. The largest absolute Gasteiger partial charge is 0.349 e. The zero-order valence-corrected chi connectivity index (χ0v) is 14.7. The first kappa shape index (κ1) is 15.2. The van der Waals surface area contributed by atoms with E-state index in [1.165, 1.54) is 38.5 Å². The monoisotopic (exact) mass is 311 g/mol. The molecule has 4 aliphatic carbocycles. The summed E-state index contributed by atoms with van der Waals surface area (Å²) in [5.74, 6) is 2.92. The first-order valence-electron chi connectivity index (χ1n) is 9.33. The second kappa shape index (κ2) is 5.36. The van der Waals surface area contributed by atoms with E-state index in [2.05, 4.69) is 31.3 Å². The van der Waals surface area contributed by atoms with Crippen LogP contribution in [0.3, 0.4) is 0 Å². The lowest BCUT2D eigenvalue weighted by molar-refractivity contribution is -0.0688. The average Bonchev–Trinajstić information content (AvgIpc) is 2.48. The van der Waals surface area contributed by atoms with Gasteiger partial charge in [-0.2, -0.15) is 0 Å². The molecule has 2 nitrogen and oxygen atoms in total. The summed E-state index contributed by atoms with van der Waals surface area (Å²) in [5.41, 5.74) is 3.46. The highest BCUT2D eigenvalue weighted by Gasteiger charge is 2.53. The van der Waals surface area contributed by atoms with Crippen LogP contribution >= 0.6 is 0 Å². The number of benzene rings is 1. The van der Waals surface area contributed by atoms with Gasteiger partial charge in [0, 0.05) is 11.6 Å². The van der Waals surface area contributed by atoms with Crippen LogP contribution in [0, 0.1) is 37.0 Å². The molecule has 1 amide bonds. The number of amides is 1. The van der Waals surface area contributed by atoms with Crippen molar-refractivity contribution in [2.24, 2.45) is 23.2 Å². The van der Waals surface area contributed by atoms with Crippen LogP contribution in [-0.2, 0) is 0 Å². The summed E-state index contributed by atoms with van der Waals surface area (Å²) < 4.78 is 0. The molecular formula is C21H29NO. The number of nitrogens with one attached hydrogen (secondary N) is 1. The maximum absolute atomic E-state index is 12.8. The summed E-state index contributed by atoms with van der Waals surface area (Å²) in [4.78, 5) is 12.8. The van der Waals surface area contributed by atoms with Gasteiger partial charge in [-0.3, -0.25) is 4.79 Å². The zero-order valence-electron chi connectivity index (χ0n) is 14.7. The summed E-state index contributed by atoms with van der Waals surface area (Å²) >= 11 is 0. The molecule has 1 aromatic carbocycles. The Labute approximate surface area is 140 Å². The molecule has 4 fully saturated rings. The van der Waals surface area contributed by atoms with Gasteiger partial charge >= 0.3 is 0 Å². The third-order valence-corrected chi connectivity index (χ3v) is 6.99. The predicted octanol–water partition coefficient (Wildman–Crippen LogP) is 4.64. The molecule has 4 bridgehead atoms. The minimum atomic E-state index is 0.120. The molecule has 1 atom stereocenters. The lowest BCUT2D eigenvalue weighted by Gasteiger charge is -2.59. The van der Waals surface area contributed by atoms with E-state index in [0.717, 1.165) is 34.4 Å². The van der Waals surface area contributed by atoms with E-state index in [9.17, 15) is 4.79 Å². The second-order valence-corrected chi connectivity index (χ2v) is 8.79. The van der Waals surface area contributed by atoms with Gasteiger partial charge in [0.2, 0.25) is 0 Å². The van der Waals surface area contributed by atoms with E-state index in [-0.39, 0.29) is 5.91 Å². The molecule has 4 aliphatic rings. The van der Waals surface area contributed by atoms with Crippen LogP contribution in [0.4, 0.5) is 0 Å². The number of hydrogen-bond donors (Lipinski definition) is 1. The number of hydrogen-bond acceptors (Lipinski definition) is 1. The predicted molar refractivity (Wildman–Crippen MR) is 93.4 cm³/mol. The quantitative estimate of drug-likeness (QED) is 0.866. The third kappa shape index (κ3) is 2.60. The van der Waals surface area contributed by atoms with Gasteiger partial charge in [-0.25, -0.2) is 0 Å². The minimum Gasteiger partial charge on any atom is -0.349 e. The highest BCUT2D eigenvalue weighted by atomic mass is 16.1. The fourth-order valence-corrected chi connectivity index (χ4v) is 6.12. The van der Waals surface area contributed by atoms with Gasteiger partial charge in [-0.1, -0.05) is 17.7 Å². The minimum absolute atomic E-state index is 0.120. The smallest absolute Gasteiger partial charge is 0.251 e. The van der Waals surface area contributed by atoms with Crippen LogP contribution in [0.2, 0.25) is 0 Å². The van der Waals surface area contributed by atoms with Gasteiger partial charge in [-0.15, -0.1) is 0 Å². The molecule has 0 radical (unpaired) electrons. The molecule has 0 unspecified atom stereocenters. The second-order valence-electron chi connectivity index (χ2n) is 8.79. The topological polar surface area (TPSA) is 29.1 Å². The summed E-state index contributed by atoms with van der Waals surface area (Å²) in [5, 5.41) is 3.38. The van der Waals surface area contributed by atoms with Crippen molar-refractivity contribution in [1.82, 2.24) is 5.32 Å². The van der Waals surface area contributed by atoms with E-state index < -0.39 is 0 Å². The molecule has 0 saturated heterocycles. The maximum Gasteiger partial charge on any atom is 0.251 e. The van der Waals surface area contributed by atoms with Gasteiger partial charge in [0.15, 0.2) is 0 Å². The van der Waals surface area contributed by atoms with Crippen molar-refractivity contribution in [1.29, 1.82) is 0 Å². The summed E-state index contributed by atoms with van der Waals surface area (Å²) in [7, 11) is 0. The van der Waals surface area contributed by atoms with Gasteiger partial charge in [0.25, 0.3) is 5.91 Å². The molecule has 2 heteroatoms. The Morgan fingerprint density at radius 2 is 1.65 bits per heavy atom. The summed E-state index contributed by atoms with van der Waals surface area (Å²) in [6, 6.07) is 6.45. The normalized spacial score (nSPS) is 36.0. The standard InChI is InChI=1S/C21H29NO/c1-13-4-5-14(2)19(6-13)20(23)22-15(3)21-10-16-7-17(11-21)9-18(8-16)12-21/h4-6,15-18H,7-12H2,1-3H3,(H,22,23)/t15-,16?,17?,18?,21?/m0/s1. The zero-order chi connectivity index (χ0) is 16.2. The highest BCUT2D eigenvalue weighted by Crippen LogP contribution is 2.61. The Bertz CT molecular complexity index is 597. The molecule has 1 aromatic rings. The molecule has 23 heavy (non-hydrogen) atoms. The molecule has 0 heterocycles. The fourth-order valence-electron chi connectivity index (χ4n) is 6.12. The average molecular weight is 311 g/mol. The number of carbonyl (C=O) groups is 1. The van der Waals surface area contributed by atoms with E-state index >= 15 is 0 Å². The van der Waals surface area contributed by atoms with Gasteiger partial charge in [-0.05, 0) is 94.1 Å². The lowest BCUT2D eigenvalue weighted by Crippen LogP contribution is -2.55. The van der Waals surface area contributed by atoms with Crippen molar-refractivity contribution >= 4 is 5.91 Å². The van der Waals surface area contributed by atoms with Crippen LogP contribution in [0.25, 0.3) is 0 Å². The lowest BCUT2D eigenvalue weighted by atomic mass is 9.48. The molecule has 0 aromatic heterocycles. The number of carbonyl (C=O) groups excluding carboxylic acids is 1. The molecule has 5 rings (SSSR count). The number of aryl methyl sites for hydroxylation is 2. The first-order valence-corrected chi connectivity index (χ1v) is 9.33. The van der Waals surface area contributed by atoms with Gasteiger partial charge < -0.3 is 5.32 Å². The van der Waals surface area contributed by atoms with Crippen molar-refractivity contribution in [2.75, 3.05) is 0 Å². The Morgan fingerprint density at radius 1 is 1.09 bits per heavy atom. The summed E-state index contributed by atoms with van der Waals surface area (Å²) in [6.07, 6.45) is 8.39. The van der Waals surface area contributed by atoms with Crippen molar-refractivity contribution in [2.45, 2.75) is 65.3 Å². The molecule has 4 saturated carbocycles. The van der Waals surface area contributed by atoms with E-state index in [0.29, 0.717) is 11.5 Å². The van der Waals surface area contributed by atoms with Gasteiger partial charge in [0.05, 0.1) is 0 Å². The summed E-state index contributed by atoms with van der Waals surface area (Å²) in [6.45, 7) is 6.35. The van der Waals surface area contributed by atoms with E-state index in [4.69, 9.17) is 0 Å². The van der Waals surface area contributed by atoms with E-state index in [1.807, 2.05) is 13.0 Å². The third-order valence-electron chi connectivity index (χ3n) is 6.99. The molecule has 0 aliphatic heterocycles. The highest BCUT2D eigenvalue weighted by molar-refractivity contribution is 5.96. The van der Waals surface area contributed by atoms with Crippen LogP contribution in [0.5, 0.6) is 0 Å². The first-order chi connectivity index (χ1) is 10.9. The van der Waals surface area contributed by atoms with Crippen molar-refractivity contribution in [3.63, 3.8) is 0 Å². The number of rotatable bonds is 3. The molecule has 1 N–H and O–H groups in total. The Hall–Kier alpha value is -1.31. The molecular weight excluding hydrogens is 282 g/mol. The SMILES string of the molecule is Cc1ccc(C)c(C(=O)N[C@@H](C)C23CC4CC(CC(C4)C2)C3)c1. The molecule has 0 spiro atoms. The Balaban J connectivity index is 1.52. The van der Waals surface area contributed by atoms with Crippen LogP contribution in [0.1, 0.15) is 66.9 Å². The van der Waals surface area contributed by atoms with Gasteiger partial charge in [0.1, 0.15) is 0 Å². The van der Waals surface area contributed by atoms with Crippen LogP contribution in [0.15, 0.2) is 18.2 Å². The molecule has 124 valence electrons.